The number of nitrogens with one attached hydrogen (secondary N) is 1. The van der Waals surface area contributed by atoms with Crippen LogP contribution in [0.15, 0.2) is 65.2 Å². The van der Waals surface area contributed by atoms with Gasteiger partial charge in [0.1, 0.15) is 5.52 Å². The summed E-state index contributed by atoms with van der Waals surface area (Å²) in [6.07, 6.45) is 7.61. The molecule has 2 N–H and O–H groups in total. The van der Waals surface area contributed by atoms with Gasteiger partial charge in [0.25, 0.3) is 6.01 Å². The molecule has 1 aliphatic rings. The molecule has 2 heterocycles. The number of carboxylic acid groups (broad SMARTS) is 1. The number of rotatable bonds is 8. The maximum atomic E-state index is 11.9. The van der Waals surface area contributed by atoms with Crippen LogP contribution < -0.4 is 10.2 Å². The molecule has 2 aromatic carbocycles. The monoisotopic (exact) mass is 484 g/mol. The number of anilines is 3. The summed E-state index contributed by atoms with van der Waals surface area (Å²) in [6.45, 7) is 5.42. The van der Waals surface area contributed by atoms with E-state index >= 15 is 0 Å². The topological polar surface area (TPSA) is 91.5 Å². The Hall–Kier alpha value is -3.87. The van der Waals surface area contributed by atoms with Gasteiger partial charge in [-0.05, 0) is 54.7 Å². The largest absolute Gasteiger partial charge is 0.476 e. The van der Waals surface area contributed by atoms with E-state index in [2.05, 4.69) is 40.1 Å². The number of nitrogens with zero attached hydrogens (tertiary/aromatic N) is 3. The van der Waals surface area contributed by atoms with E-state index in [1.54, 1.807) is 12.1 Å². The van der Waals surface area contributed by atoms with Gasteiger partial charge in [-0.15, -0.1) is 0 Å². The number of hydrogen-bond acceptors (Lipinski definition) is 6. The lowest BCUT2D eigenvalue weighted by molar-refractivity contribution is 0.0691. The maximum absolute atomic E-state index is 11.9. The Morgan fingerprint density at radius 3 is 2.67 bits per heavy atom. The van der Waals surface area contributed by atoms with Gasteiger partial charge in [-0.1, -0.05) is 57.4 Å². The molecule has 7 heteroatoms. The fourth-order valence-electron chi connectivity index (χ4n) is 5.13. The van der Waals surface area contributed by atoms with Crippen molar-refractivity contribution < 1.29 is 14.3 Å². The number of aromatic nitrogens is 2. The summed E-state index contributed by atoms with van der Waals surface area (Å²) < 4.78 is 5.99. The molecule has 2 aromatic heterocycles. The third kappa shape index (κ3) is 5.05. The van der Waals surface area contributed by atoms with Crippen LogP contribution in [0, 0.1) is 5.92 Å². The Kier molecular flexibility index (Phi) is 6.89. The molecule has 7 nitrogen and oxygen atoms in total. The van der Waals surface area contributed by atoms with Gasteiger partial charge < -0.3 is 19.7 Å². The van der Waals surface area contributed by atoms with E-state index in [-0.39, 0.29) is 5.69 Å². The van der Waals surface area contributed by atoms with E-state index < -0.39 is 5.97 Å². The number of carbonyl (C=O) groups is 1. The zero-order valence-corrected chi connectivity index (χ0v) is 20.8. The minimum absolute atomic E-state index is 0.0318. The van der Waals surface area contributed by atoms with Crippen molar-refractivity contribution >= 4 is 34.5 Å². The van der Waals surface area contributed by atoms with E-state index in [9.17, 15) is 9.90 Å². The number of fused-ring (bicyclic) bond motifs is 1. The first-order chi connectivity index (χ1) is 17.5. The number of para-hydroxylation sites is 2. The highest BCUT2D eigenvalue weighted by molar-refractivity contribution is 5.95. The molecular weight excluding hydrogens is 452 g/mol. The molecule has 0 spiro atoms. The average Bonchev–Trinajstić information content (AvgIpc) is 3.30. The Bertz CT molecular complexity index is 1320. The Balaban J connectivity index is 1.61. The van der Waals surface area contributed by atoms with E-state index in [4.69, 9.17) is 4.42 Å². The number of aromatic carboxylic acids is 1. The quantitative estimate of drug-likeness (QED) is 0.275. The molecule has 1 saturated carbocycles. The highest BCUT2D eigenvalue weighted by Crippen LogP contribution is 2.38. The van der Waals surface area contributed by atoms with Gasteiger partial charge in [-0.2, -0.15) is 4.98 Å². The fourth-order valence-corrected chi connectivity index (χ4v) is 5.13. The second-order valence-electron chi connectivity index (χ2n) is 9.89. The molecular formula is C29H32N4O3. The number of oxazole rings is 1. The van der Waals surface area contributed by atoms with Crippen molar-refractivity contribution in [3.8, 4) is 11.1 Å². The molecule has 0 unspecified atom stereocenters. The van der Waals surface area contributed by atoms with Crippen molar-refractivity contribution in [1.82, 2.24) is 9.97 Å². The summed E-state index contributed by atoms with van der Waals surface area (Å²) in [5, 5.41) is 13.1. The molecule has 0 atom stereocenters. The summed E-state index contributed by atoms with van der Waals surface area (Å²) in [4.78, 5) is 23.1. The molecule has 1 aliphatic carbocycles. The molecule has 36 heavy (non-hydrogen) atoms. The smallest absolute Gasteiger partial charge is 0.355 e. The molecule has 5 rings (SSSR count). The van der Waals surface area contributed by atoms with Crippen LogP contribution in [-0.4, -0.2) is 33.6 Å². The molecule has 0 saturated heterocycles. The van der Waals surface area contributed by atoms with Crippen LogP contribution in [0.1, 0.15) is 56.4 Å². The van der Waals surface area contributed by atoms with Crippen LogP contribution in [0.5, 0.6) is 0 Å². The lowest BCUT2D eigenvalue weighted by Gasteiger charge is -2.38. The second-order valence-corrected chi connectivity index (χ2v) is 9.89. The van der Waals surface area contributed by atoms with Gasteiger partial charge in [-0.3, -0.25) is 0 Å². The summed E-state index contributed by atoms with van der Waals surface area (Å²) in [7, 11) is 0. The van der Waals surface area contributed by atoms with Gasteiger partial charge in [0.05, 0.1) is 11.4 Å². The van der Waals surface area contributed by atoms with Crippen LogP contribution in [0.25, 0.3) is 22.2 Å². The first kappa shape index (κ1) is 23.9. The summed E-state index contributed by atoms with van der Waals surface area (Å²) in [6, 6.07) is 18.2. The fraction of sp³-hybridized carbons (Fsp3) is 0.345. The van der Waals surface area contributed by atoms with Gasteiger partial charge in [0, 0.05) is 24.3 Å². The lowest BCUT2D eigenvalue weighted by Crippen LogP contribution is -2.39. The van der Waals surface area contributed by atoms with Gasteiger partial charge >= 0.3 is 5.97 Å². The maximum Gasteiger partial charge on any atom is 0.355 e. The highest BCUT2D eigenvalue weighted by atomic mass is 16.4. The van der Waals surface area contributed by atoms with Crippen molar-refractivity contribution in [1.29, 1.82) is 0 Å². The third-order valence-electron chi connectivity index (χ3n) is 6.74. The predicted octanol–water partition coefficient (Wildman–Crippen LogP) is 7.13. The molecule has 0 amide bonds. The van der Waals surface area contributed by atoms with E-state index in [0.29, 0.717) is 29.1 Å². The van der Waals surface area contributed by atoms with Crippen LogP contribution in [0.4, 0.5) is 17.4 Å². The van der Waals surface area contributed by atoms with Gasteiger partial charge in [0.15, 0.2) is 11.3 Å². The van der Waals surface area contributed by atoms with Crippen LogP contribution >= 0.6 is 0 Å². The number of pyridine rings is 1. The van der Waals surface area contributed by atoms with E-state index in [1.165, 1.54) is 38.3 Å². The Morgan fingerprint density at radius 2 is 1.92 bits per heavy atom. The average molecular weight is 485 g/mol. The Morgan fingerprint density at radius 1 is 1.11 bits per heavy atom. The zero-order chi connectivity index (χ0) is 25.1. The third-order valence-corrected chi connectivity index (χ3v) is 6.74. The van der Waals surface area contributed by atoms with Gasteiger partial charge in [-0.25, -0.2) is 9.78 Å². The molecule has 186 valence electrons. The SMILES string of the molecule is CC(C)CN(c1ccc(-c2cccnc2C(=O)O)cc1Nc1nc2ccccc2o1)C1CCCCC1. The summed E-state index contributed by atoms with van der Waals surface area (Å²) in [5.41, 5.74) is 4.78. The zero-order valence-electron chi connectivity index (χ0n) is 20.8. The highest BCUT2D eigenvalue weighted by Gasteiger charge is 2.25. The van der Waals surface area contributed by atoms with Crippen molar-refractivity contribution in [2.45, 2.75) is 52.0 Å². The standard InChI is InChI=1S/C29H32N4O3/c1-19(2)18-33(21-9-4-3-5-10-21)25-15-14-20(22-11-8-16-30-27(22)28(34)35)17-24(25)32-29-31-23-12-6-7-13-26(23)36-29/h6-8,11-17,19,21H,3-5,9-10,18H2,1-2H3,(H,31,32)(H,34,35). The van der Waals surface area contributed by atoms with Crippen molar-refractivity contribution in [2.24, 2.45) is 5.92 Å². The van der Waals surface area contributed by atoms with Crippen LogP contribution in [0.3, 0.4) is 0 Å². The summed E-state index contributed by atoms with van der Waals surface area (Å²) >= 11 is 0. The molecule has 0 bridgehead atoms. The number of carboxylic acids is 1. The van der Waals surface area contributed by atoms with E-state index in [0.717, 1.165) is 29.0 Å². The Labute approximate surface area is 211 Å². The van der Waals surface area contributed by atoms with E-state index in [1.807, 2.05) is 36.4 Å². The summed E-state index contributed by atoms with van der Waals surface area (Å²) in [5.74, 6) is -0.563. The van der Waals surface area contributed by atoms with Crippen molar-refractivity contribution in [3.63, 3.8) is 0 Å². The molecule has 0 aliphatic heterocycles. The van der Waals surface area contributed by atoms with Crippen LogP contribution in [0.2, 0.25) is 0 Å². The number of hydrogen-bond donors (Lipinski definition) is 2. The molecule has 0 radical (unpaired) electrons. The molecule has 1 fully saturated rings. The van der Waals surface area contributed by atoms with Crippen LogP contribution in [-0.2, 0) is 0 Å². The van der Waals surface area contributed by atoms with Crippen molar-refractivity contribution in [2.75, 3.05) is 16.8 Å². The minimum Gasteiger partial charge on any atom is -0.476 e. The molecule has 4 aromatic rings. The number of benzene rings is 2. The second kappa shape index (κ2) is 10.4. The lowest BCUT2D eigenvalue weighted by atomic mass is 9.92. The first-order valence-electron chi connectivity index (χ1n) is 12.7. The normalized spacial score (nSPS) is 14.3. The minimum atomic E-state index is -1.05. The van der Waals surface area contributed by atoms with Crippen molar-refractivity contribution in [3.05, 3.63) is 66.5 Å². The van der Waals surface area contributed by atoms with Gasteiger partial charge in [0.2, 0.25) is 0 Å². The predicted molar refractivity (Wildman–Crippen MR) is 143 cm³/mol. The first-order valence-corrected chi connectivity index (χ1v) is 12.7.